The molecule has 0 bridgehead atoms. The Kier molecular flexibility index (Phi) is 6.03. The smallest absolute Gasteiger partial charge is 0.335 e. The number of carbonyl (C=O) groups is 2. The topological polar surface area (TPSA) is 122 Å². The summed E-state index contributed by atoms with van der Waals surface area (Å²) in [5, 5.41) is 11.6. The first-order chi connectivity index (χ1) is 14.3. The predicted molar refractivity (Wildman–Crippen MR) is 112 cm³/mol. The third kappa shape index (κ3) is 4.95. The zero-order valence-corrected chi connectivity index (χ0v) is 16.6. The Balaban J connectivity index is 1.74. The molecule has 0 saturated heterocycles. The molecule has 8 nitrogen and oxygen atoms in total. The Hall–Kier alpha value is -3.85. The van der Waals surface area contributed by atoms with Gasteiger partial charge >= 0.3 is 5.97 Å². The largest absolute Gasteiger partial charge is 0.497 e. The van der Waals surface area contributed by atoms with Crippen LogP contribution in [0.15, 0.2) is 77.7 Å². The molecule has 0 aliphatic rings. The summed E-state index contributed by atoms with van der Waals surface area (Å²) in [5.74, 6) is -1.00. The first kappa shape index (κ1) is 20.9. The summed E-state index contributed by atoms with van der Waals surface area (Å²) in [6, 6.07) is 17.6. The van der Waals surface area contributed by atoms with Crippen molar-refractivity contribution < 1.29 is 27.9 Å². The lowest BCUT2D eigenvalue weighted by Crippen LogP contribution is -2.15. The van der Waals surface area contributed by atoms with Crippen molar-refractivity contribution in [1.29, 1.82) is 0 Å². The maximum atomic E-state index is 12.6. The second-order valence-electron chi connectivity index (χ2n) is 6.20. The van der Waals surface area contributed by atoms with Crippen LogP contribution in [0.1, 0.15) is 20.7 Å². The average molecular weight is 426 g/mol. The molecule has 3 aromatic carbocycles. The van der Waals surface area contributed by atoms with Crippen LogP contribution in [-0.2, 0) is 10.0 Å². The van der Waals surface area contributed by atoms with Crippen molar-refractivity contribution in [3.8, 4) is 5.75 Å². The second-order valence-corrected chi connectivity index (χ2v) is 7.88. The Bertz CT molecular complexity index is 1170. The van der Waals surface area contributed by atoms with E-state index >= 15 is 0 Å². The normalized spacial score (nSPS) is 10.8. The molecular weight excluding hydrogens is 408 g/mol. The molecule has 0 fully saturated rings. The van der Waals surface area contributed by atoms with Crippen LogP contribution in [0.25, 0.3) is 0 Å². The summed E-state index contributed by atoms with van der Waals surface area (Å²) in [5.41, 5.74) is 0.962. The maximum absolute atomic E-state index is 12.6. The lowest BCUT2D eigenvalue weighted by molar-refractivity contribution is 0.0696. The molecular formula is C21H18N2O6S. The van der Waals surface area contributed by atoms with E-state index in [0.29, 0.717) is 11.4 Å². The minimum Gasteiger partial charge on any atom is -0.497 e. The lowest BCUT2D eigenvalue weighted by Gasteiger charge is -2.10. The van der Waals surface area contributed by atoms with Gasteiger partial charge < -0.3 is 15.2 Å². The molecule has 0 unspecified atom stereocenters. The molecule has 0 aromatic heterocycles. The van der Waals surface area contributed by atoms with Crippen LogP contribution in [0.3, 0.4) is 0 Å². The molecule has 0 saturated carbocycles. The van der Waals surface area contributed by atoms with Gasteiger partial charge in [0.05, 0.1) is 17.6 Å². The van der Waals surface area contributed by atoms with Gasteiger partial charge in [0.2, 0.25) is 0 Å². The highest BCUT2D eigenvalue weighted by molar-refractivity contribution is 7.92. The van der Waals surface area contributed by atoms with E-state index in [-0.39, 0.29) is 21.7 Å². The van der Waals surface area contributed by atoms with E-state index < -0.39 is 21.9 Å². The standard InChI is InChI=1S/C21H18N2O6S/c1-29-18-9-11-19(12-10-18)30(27,28)23-17-4-2-3-15(13-17)20(24)22-16-7-5-14(6-8-16)21(25)26/h2-13,23H,1H3,(H,22,24)(H,25,26). The Labute approximate surface area is 173 Å². The van der Waals surface area contributed by atoms with Gasteiger partial charge in [-0.1, -0.05) is 6.07 Å². The number of rotatable bonds is 7. The van der Waals surface area contributed by atoms with Gasteiger partial charge in [0, 0.05) is 16.9 Å². The molecule has 3 aromatic rings. The van der Waals surface area contributed by atoms with Crippen molar-refractivity contribution in [2.24, 2.45) is 0 Å². The number of hydrogen-bond acceptors (Lipinski definition) is 5. The Morgan fingerprint density at radius 2 is 1.53 bits per heavy atom. The summed E-state index contributed by atoms with van der Waals surface area (Å²) in [6.07, 6.45) is 0. The van der Waals surface area contributed by atoms with Crippen LogP contribution in [0, 0.1) is 0 Å². The number of hydrogen-bond donors (Lipinski definition) is 3. The van der Waals surface area contributed by atoms with E-state index in [2.05, 4.69) is 10.0 Å². The number of carbonyl (C=O) groups excluding carboxylic acids is 1. The molecule has 0 aliphatic carbocycles. The van der Waals surface area contributed by atoms with Crippen LogP contribution < -0.4 is 14.8 Å². The van der Waals surface area contributed by atoms with E-state index in [1.165, 1.54) is 73.8 Å². The van der Waals surface area contributed by atoms with Crippen molar-refractivity contribution in [3.63, 3.8) is 0 Å². The summed E-state index contributed by atoms with van der Waals surface area (Å²) in [7, 11) is -2.36. The molecule has 0 radical (unpaired) electrons. The van der Waals surface area contributed by atoms with Crippen molar-refractivity contribution in [2.75, 3.05) is 17.1 Å². The fourth-order valence-corrected chi connectivity index (χ4v) is 3.64. The number of sulfonamides is 1. The molecule has 0 spiro atoms. The number of carboxylic acids is 1. The highest BCUT2D eigenvalue weighted by Gasteiger charge is 2.15. The summed E-state index contributed by atoms with van der Waals surface area (Å²) < 4.78 is 32.6. The van der Waals surface area contributed by atoms with Crippen molar-refractivity contribution in [2.45, 2.75) is 4.90 Å². The van der Waals surface area contributed by atoms with Gasteiger partial charge in [-0.2, -0.15) is 0 Å². The van der Waals surface area contributed by atoms with Gasteiger partial charge in [0.25, 0.3) is 15.9 Å². The molecule has 0 aliphatic heterocycles. The van der Waals surface area contributed by atoms with Gasteiger partial charge in [-0.25, -0.2) is 13.2 Å². The molecule has 1 amide bonds. The minimum absolute atomic E-state index is 0.0525. The van der Waals surface area contributed by atoms with Crippen molar-refractivity contribution in [1.82, 2.24) is 0 Å². The number of benzene rings is 3. The molecule has 0 heterocycles. The number of methoxy groups -OCH3 is 1. The summed E-state index contributed by atoms with van der Waals surface area (Å²) >= 11 is 0. The number of nitrogens with one attached hydrogen (secondary N) is 2. The van der Waals surface area contributed by atoms with Crippen molar-refractivity contribution >= 4 is 33.3 Å². The average Bonchev–Trinajstić information content (AvgIpc) is 2.74. The van der Waals surface area contributed by atoms with E-state index in [1.54, 1.807) is 6.07 Å². The van der Waals surface area contributed by atoms with Crippen LogP contribution in [0.4, 0.5) is 11.4 Å². The molecule has 9 heteroatoms. The van der Waals surface area contributed by atoms with Gasteiger partial charge in [-0.3, -0.25) is 9.52 Å². The summed E-state index contributed by atoms with van der Waals surface area (Å²) in [6.45, 7) is 0. The fourth-order valence-electron chi connectivity index (χ4n) is 2.59. The highest BCUT2D eigenvalue weighted by atomic mass is 32.2. The fraction of sp³-hybridized carbons (Fsp3) is 0.0476. The van der Waals surface area contributed by atoms with Crippen LogP contribution in [0.5, 0.6) is 5.75 Å². The third-order valence-corrected chi connectivity index (χ3v) is 5.53. The monoisotopic (exact) mass is 426 g/mol. The number of aromatic carboxylic acids is 1. The van der Waals surface area contributed by atoms with Crippen molar-refractivity contribution in [3.05, 3.63) is 83.9 Å². The number of carboxylic acid groups (broad SMARTS) is 1. The first-order valence-corrected chi connectivity index (χ1v) is 10.2. The second kappa shape index (κ2) is 8.66. The quantitative estimate of drug-likeness (QED) is 0.532. The molecule has 3 rings (SSSR count). The van der Waals surface area contributed by atoms with Gasteiger partial charge in [-0.05, 0) is 66.7 Å². The first-order valence-electron chi connectivity index (χ1n) is 8.70. The van der Waals surface area contributed by atoms with E-state index in [0.717, 1.165) is 0 Å². The number of amides is 1. The van der Waals surface area contributed by atoms with Crippen LogP contribution >= 0.6 is 0 Å². The predicted octanol–water partition coefficient (Wildman–Crippen LogP) is 3.45. The Morgan fingerprint density at radius 3 is 2.13 bits per heavy atom. The molecule has 30 heavy (non-hydrogen) atoms. The zero-order valence-electron chi connectivity index (χ0n) is 15.8. The van der Waals surface area contributed by atoms with E-state index in [1.807, 2.05) is 0 Å². The van der Waals surface area contributed by atoms with Gasteiger partial charge in [0.1, 0.15) is 5.75 Å². The highest BCUT2D eigenvalue weighted by Crippen LogP contribution is 2.20. The lowest BCUT2D eigenvalue weighted by atomic mass is 10.1. The minimum atomic E-state index is -3.85. The molecule has 3 N–H and O–H groups in total. The van der Waals surface area contributed by atoms with E-state index in [9.17, 15) is 18.0 Å². The molecule has 154 valence electrons. The number of ether oxygens (including phenoxy) is 1. The maximum Gasteiger partial charge on any atom is 0.335 e. The number of anilines is 2. The summed E-state index contributed by atoms with van der Waals surface area (Å²) in [4.78, 5) is 23.4. The molecule has 0 atom stereocenters. The van der Waals surface area contributed by atoms with Crippen LogP contribution in [0.2, 0.25) is 0 Å². The van der Waals surface area contributed by atoms with Crippen LogP contribution in [-0.4, -0.2) is 32.5 Å². The van der Waals surface area contributed by atoms with E-state index in [4.69, 9.17) is 9.84 Å². The van der Waals surface area contributed by atoms with Gasteiger partial charge in [-0.15, -0.1) is 0 Å². The third-order valence-electron chi connectivity index (χ3n) is 4.14. The zero-order chi connectivity index (χ0) is 21.7. The Morgan fingerprint density at radius 1 is 0.867 bits per heavy atom. The SMILES string of the molecule is COc1ccc(S(=O)(=O)Nc2cccc(C(=O)Nc3ccc(C(=O)O)cc3)c2)cc1. The van der Waals surface area contributed by atoms with Gasteiger partial charge in [0.15, 0.2) is 0 Å².